The molecule has 0 amide bonds. The van der Waals surface area contributed by atoms with Gasteiger partial charge in [-0.05, 0) is 42.8 Å². The summed E-state index contributed by atoms with van der Waals surface area (Å²) in [6, 6.07) is 8.85. The zero-order valence-electron chi connectivity index (χ0n) is 9.71. The summed E-state index contributed by atoms with van der Waals surface area (Å²) in [6.07, 6.45) is 0. The maximum Gasteiger partial charge on any atom is 0.201 e. The van der Waals surface area contributed by atoms with Gasteiger partial charge in [0, 0.05) is 5.69 Å². The lowest BCUT2D eigenvalue weighted by Gasteiger charge is -2.11. The van der Waals surface area contributed by atoms with Crippen molar-refractivity contribution in [1.82, 2.24) is 0 Å². The largest absolute Gasteiger partial charge is 0.454 e. The summed E-state index contributed by atoms with van der Waals surface area (Å²) in [5.74, 6) is 3.62. The van der Waals surface area contributed by atoms with Crippen molar-refractivity contribution in [2.24, 2.45) is 5.84 Å². The van der Waals surface area contributed by atoms with Crippen LogP contribution in [0.5, 0.6) is 11.5 Å². The van der Waals surface area contributed by atoms with E-state index in [0.717, 1.165) is 11.6 Å². The van der Waals surface area contributed by atoms with Crippen molar-refractivity contribution < 1.29 is 13.5 Å². The summed E-state index contributed by atoms with van der Waals surface area (Å²) in [5, 5.41) is 0. The van der Waals surface area contributed by atoms with E-state index in [-0.39, 0.29) is 5.75 Å². The first-order chi connectivity index (χ1) is 8.61. The van der Waals surface area contributed by atoms with Gasteiger partial charge in [0.2, 0.25) is 5.82 Å². The second-order valence-corrected chi connectivity index (χ2v) is 3.78. The zero-order chi connectivity index (χ0) is 13.1. The average molecular weight is 250 g/mol. The van der Waals surface area contributed by atoms with Gasteiger partial charge in [-0.1, -0.05) is 6.07 Å². The van der Waals surface area contributed by atoms with Crippen LogP contribution in [0.2, 0.25) is 0 Å². The maximum absolute atomic E-state index is 13.4. The van der Waals surface area contributed by atoms with E-state index in [2.05, 4.69) is 5.43 Å². The van der Waals surface area contributed by atoms with Crippen LogP contribution in [0.4, 0.5) is 14.5 Å². The molecule has 0 aliphatic heterocycles. The Morgan fingerprint density at radius 2 is 1.89 bits per heavy atom. The van der Waals surface area contributed by atoms with Crippen molar-refractivity contribution >= 4 is 5.69 Å². The highest BCUT2D eigenvalue weighted by Crippen LogP contribution is 2.29. The first kappa shape index (κ1) is 12.3. The number of anilines is 1. The number of hydrazine groups is 1. The molecule has 0 heterocycles. The van der Waals surface area contributed by atoms with Crippen molar-refractivity contribution in [3.8, 4) is 11.5 Å². The predicted molar refractivity (Wildman–Crippen MR) is 65.4 cm³/mol. The number of hydrogen-bond acceptors (Lipinski definition) is 3. The number of hydrogen-bond donors (Lipinski definition) is 2. The minimum atomic E-state index is -1.00. The molecule has 0 saturated carbocycles. The average Bonchev–Trinajstić information content (AvgIpc) is 2.37. The van der Waals surface area contributed by atoms with Gasteiger partial charge in [-0.3, -0.25) is 5.84 Å². The van der Waals surface area contributed by atoms with Gasteiger partial charge in [0.1, 0.15) is 5.75 Å². The summed E-state index contributed by atoms with van der Waals surface area (Å²) in [7, 11) is 0. The molecule has 3 N–H and O–H groups in total. The van der Waals surface area contributed by atoms with Crippen LogP contribution in [0, 0.1) is 18.6 Å². The summed E-state index contributed by atoms with van der Waals surface area (Å²) >= 11 is 0. The van der Waals surface area contributed by atoms with Gasteiger partial charge in [0.25, 0.3) is 0 Å². The third-order valence-electron chi connectivity index (χ3n) is 2.48. The number of halogens is 2. The molecule has 0 saturated heterocycles. The minimum Gasteiger partial charge on any atom is -0.454 e. The molecule has 2 aromatic carbocycles. The van der Waals surface area contributed by atoms with Gasteiger partial charge in [0.15, 0.2) is 11.6 Å². The van der Waals surface area contributed by atoms with Crippen LogP contribution in [-0.2, 0) is 0 Å². The SMILES string of the molecule is Cc1cc(NN)ccc1Oc1cccc(F)c1F. The number of ether oxygens (including phenoxy) is 1. The molecule has 0 atom stereocenters. The molecule has 5 heteroatoms. The van der Waals surface area contributed by atoms with Crippen LogP contribution in [0.15, 0.2) is 36.4 Å². The Balaban J connectivity index is 2.31. The number of benzene rings is 2. The second-order valence-electron chi connectivity index (χ2n) is 3.78. The molecule has 94 valence electrons. The van der Waals surface area contributed by atoms with Crippen LogP contribution < -0.4 is 16.0 Å². The molecule has 0 spiro atoms. The molecular formula is C13H12F2N2O. The van der Waals surface area contributed by atoms with Gasteiger partial charge in [0.05, 0.1) is 0 Å². The van der Waals surface area contributed by atoms with Crippen LogP contribution >= 0.6 is 0 Å². The number of nitrogens with one attached hydrogen (secondary N) is 1. The van der Waals surface area contributed by atoms with Gasteiger partial charge < -0.3 is 10.2 Å². The summed E-state index contributed by atoms with van der Waals surface area (Å²) < 4.78 is 31.8. The van der Waals surface area contributed by atoms with Gasteiger partial charge in [-0.15, -0.1) is 0 Å². The highest BCUT2D eigenvalue weighted by Gasteiger charge is 2.10. The molecule has 3 nitrogen and oxygen atoms in total. The Morgan fingerprint density at radius 1 is 1.11 bits per heavy atom. The Kier molecular flexibility index (Phi) is 3.43. The fourth-order valence-corrected chi connectivity index (χ4v) is 1.54. The van der Waals surface area contributed by atoms with E-state index in [0.29, 0.717) is 11.4 Å². The summed E-state index contributed by atoms with van der Waals surface area (Å²) in [4.78, 5) is 0. The Hall–Kier alpha value is -2.14. The van der Waals surface area contributed by atoms with Crippen molar-refractivity contribution in [2.45, 2.75) is 6.92 Å². The zero-order valence-corrected chi connectivity index (χ0v) is 9.71. The number of nitrogen functional groups attached to an aromatic ring is 1. The van der Waals surface area contributed by atoms with E-state index < -0.39 is 11.6 Å². The molecule has 0 aromatic heterocycles. The minimum absolute atomic E-state index is 0.147. The number of nitrogens with two attached hydrogens (primary N) is 1. The molecule has 0 bridgehead atoms. The topological polar surface area (TPSA) is 47.3 Å². The monoisotopic (exact) mass is 250 g/mol. The smallest absolute Gasteiger partial charge is 0.201 e. The van der Waals surface area contributed by atoms with Crippen LogP contribution in [0.1, 0.15) is 5.56 Å². The second kappa shape index (κ2) is 5.01. The molecule has 0 aliphatic rings. The fraction of sp³-hybridized carbons (Fsp3) is 0.0769. The highest BCUT2D eigenvalue weighted by atomic mass is 19.2. The van der Waals surface area contributed by atoms with Crippen molar-refractivity contribution in [1.29, 1.82) is 0 Å². The Labute approximate surface area is 103 Å². The van der Waals surface area contributed by atoms with E-state index in [1.165, 1.54) is 12.1 Å². The van der Waals surface area contributed by atoms with E-state index in [1.54, 1.807) is 25.1 Å². The van der Waals surface area contributed by atoms with Crippen molar-refractivity contribution in [3.63, 3.8) is 0 Å². The van der Waals surface area contributed by atoms with Gasteiger partial charge in [-0.2, -0.15) is 4.39 Å². The van der Waals surface area contributed by atoms with Crippen LogP contribution in [-0.4, -0.2) is 0 Å². The van der Waals surface area contributed by atoms with Crippen LogP contribution in [0.25, 0.3) is 0 Å². The molecular weight excluding hydrogens is 238 g/mol. The van der Waals surface area contributed by atoms with E-state index in [1.807, 2.05) is 0 Å². The van der Waals surface area contributed by atoms with Crippen molar-refractivity contribution in [2.75, 3.05) is 5.43 Å². The van der Waals surface area contributed by atoms with E-state index >= 15 is 0 Å². The Bertz CT molecular complexity index is 573. The normalized spacial score (nSPS) is 10.2. The Morgan fingerprint density at radius 3 is 2.56 bits per heavy atom. The lowest BCUT2D eigenvalue weighted by atomic mass is 10.2. The standard InChI is InChI=1S/C13H12F2N2O/c1-8-7-9(17-16)5-6-11(8)18-12-4-2-3-10(14)13(12)15/h2-7,17H,16H2,1H3. The van der Waals surface area contributed by atoms with Crippen molar-refractivity contribution in [3.05, 3.63) is 53.6 Å². The molecule has 0 fully saturated rings. The highest BCUT2D eigenvalue weighted by molar-refractivity contribution is 5.50. The van der Waals surface area contributed by atoms with E-state index in [9.17, 15) is 8.78 Å². The number of rotatable bonds is 3. The van der Waals surface area contributed by atoms with Gasteiger partial charge >= 0.3 is 0 Å². The third-order valence-corrected chi connectivity index (χ3v) is 2.48. The lowest BCUT2D eigenvalue weighted by molar-refractivity contribution is 0.414. The molecule has 18 heavy (non-hydrogen) atoms. The quantitative estimate of drug-likeness (QED) is 0.648. The molecule has 2 aromatic rings. The predicted octanol–water partition coefficient (Wildman–Crippen LogP) is 3.35. The first-order valence-corrected chi connectivity index (χ1v) is 5.31. The molecule has 2 rings (SSSR count). The number of aryl methyl sites for hydroxylation is 1. The fourth-order valence-electron chi connectivity index (χ4n) is 1.54. The first-order valence-electron chi connectivity index (χ1n) is 5.31. The van der Waals surface area contributed by atoms with Crippen LogP contribution in [0.3, 0.4) is 0 Å². The maximum atomic E-state index is 13.4. The third kappa shape index (κ3) is 2.41. The van der Waals surface area contributed by atoms with Gasteiger partial charge in [-0.25, -0.2) is 4.39 Å². The molecule has 0 unspecified atom stereocenters. The summed E-state index contributed by atoms with van der Waals surface area (Å²) in [6.45, 7) is 1.79. The lowest BCUT2D eigenvalue weighted by Crippen LogP contribution is -2.06. The molecule has 0 aliphatic carbocycles. The molecule has 0 radical (unpaired) electrons. The van der Waals surface area contributed by atoms with E-state index in [4.69, 9.17) is 10.6 Å². The summed E-state index contributed by atoms with van der Waals surface area (Å²) in [5.41, 5.74) is 3.96.